The lowest BCUT2D eigenvalue weighted by atomic mass is 10.1. The van der Waals surface area contributed by atoms with Crippen LogP contribution in [0.15, 0.2) is 0 Å². The number of rotatable bonds is 9. The van der Waals surface area contributed by atoms with Gasteiger partial charge in [-0.2, -0.15) is 0 Å². The Bertz CT molecular complexity index is 270. The van der Waals surface area contributed by atoms with E-state index in [1.165, 1.54) is 6.92 Å². The highest BCUT2D eigenvalue weighted by molar-refractivity contribution is 7.53. The second kappa shape index (κ2) is 7.95. The first-order valence-corrected chi connectivity index (χ1v) is 7.33. The molecule has 0 fully saturated rings. The number of carbonyl (C=O) groups is 1. The lowest BCUT2D eigenvalue weighted by molar-refractivity contribution is -0.130. The van der Waals surface area contributed by atoms with Crippen LogP contribution in [0.3, 0.4) is 0 Å². The molecule has 0 aliphatic rings. The molecule has 0 aromatic carbocycles. The Morgan fingerprint density at radius 3 is 2.06 bits per heavy atom. The van der Waals surface area contributed by atoms with Crippen molar-refractivity contribution in [1.82, 2.24) is 0 Å². The maximum Gasteiger partial charge on any atom is 0.330 e. The van der Waals surface area contributed by atoms with Crippen molar-refractivity contribution in [2.75, 3.05) is 19.4 Å². The quantitative estimate of drug-likeness (QED) is 0.605. The number of aliphatic hydroxyl groups excluding tert-OH is 2. The molecule has 0 radical (unpaired) electrons. The van der Waals surface area contributed by atoms with Crippen LogP contribution in [0.4, 0.5) is 0 Å². The van der Waals surface area contributed by atoms with E-state index in [0.717, 1.165) is 0 Å². The molecule has 0 heterocycles. The Balaban J connectivity index is 4.30. The van der Waals surface area contributed by atoms with E-state index in [1.807, 2.05) is 0 Å². The normalized spacial score (nSPS) is 15.6. The van der Waals surface area contributed by atoms with E-state index in [9.17, 15) is 19.6 Å². The first kappa shape index (κ1) is 16.7. The molecule has 102 valence electrons. The van der Waals surface area contributed by atoms with E-state index in [0.29, 0.717) is 0 Å². The number of ketones is 1. The van der Waals surface area contributed by atoms with Crippen molar-refractivity contribution in [2.45, 2.75) is 39.4 Å². The maximum atomic E-state index is 12.0. The van der Waals surface area contributed by atoms with Crippen LogP contribution in [0.5, 0.6) is 0 Å². The molecule has 2 N–H and O–H groups in total. The van der Waals surface area contributed by atoms with Crippen LogP contribution < -0.4 is 0 Å². The van der Waals surface area contributed by atoms with Gasteiger partial charge in [0.15, 0.2) is 5.78 Å². The van der Waals surface area contributed by atoms with Gasteiger partial charge in [-0.15, -0.1) is 0 Å². The molecule has 0 aliphatic carbocycles. The fraction of sp³-hybridized carbons (Fsp3) is 0.900. The molecule has 0 rings (SSSR count). The minimum atomic E-state index is -3.23. The van der Waals surface area contributed by atoms with Crippen LogP contribution in [0.1, 0.15) is 27.2 Å². The smallest absolute Gasteiger partial charge is 0.330 e. The summed E-state index contributed by atoms with van der Waals surface area (Å²) in [5.74, 6) is -0.528. The van der Waals surface area contributed by atoms with Crippen molar-refractivity contribution in [3.8, 4) is 0 Å². The number of carbonyl (C=O) groups excluding carboxylic acids is 1. The highest BCUT2D eigenvalue weighted by Crippen LogP contribution is 2.48. The number of hydrogen-bond acceptors (Lipinski definition) is 6. The predicted octanol–water partition coefficient (Wildman–Crippen LogP) is 0.953. The molecule has 0 bridgehead atoms. The van der Waals surface area contributed by atoms with Crippen LogP contribution in [-0.4, -0.2) is 47.6 Å². The van der Waals surface area contributed by atoms with E-state index in [2.05, 4.69) is 0 Å². The average molecular weight is 268 g/mol. The van der Waals surface area contributed by atoms with Crippen LogP contribution in [-0.2, 0) is 18.4 Å². The summed E-state index contributed by atoms with van der Waals surface area (Å²) in [5.41, 5.74) is 0. The van der Waals surface area contributed by atoms with Crippen molar-refractivity contribution in [1.29, 1.82) is 0 Å². The Labute approximate surface area is 101 Å². The summed E-state index contributed by atoms with van der Waals surface area (Å²) in [6.45, 7) is 5.03. The monoisotopic (exact) mass is 268 g/mol. The summed E-state index contributed by atoms with van der Waals surface area (Å²) < 4.78 is 22.0. The van der Waals surface area contributed by atoms with Gasteiger partial charge in [0, 0.05) is 0 Å². The zero-order valence-corrected chi connectivity index (χ0v) is 11.4. The van der Waals surface area contributed by atoms with Gasteiger partial charge in [0.1, 0.15) is 6.10 Å². The maximum absolute atomic E-state index is 12.0. The molecule has 7 heteroatoms. The molecule has 0 aromatic rings. The zero-order chi connectivity index (χ0) is 13.5. The van der Waals surface area contributed by atoms with E-state index in [1.54, 1.807) is 13.8 Å². The molecule has 2 atom stereocenters. The Morgan fingerprint density at radius 2 is 1.71 bits per heavy atom. The fourth-order valence-electron chi connectivity index (χ4n) is 1.28. The van der Waals surface area contributed by atoms with Gasteiger partial charge in [0.05, 0.1) is 25.5 Å². The van der Waals surface area contributed by atoms with E-state index in [-0.39, 0.29) is 25.8 Å². The molecule has 2 unspecified atom stereocenters. The fourth-order valence-corrected chi connectivity index (χ4v) is 2.98. The predicted molar refractivity (Wildman–Crippen MR) is 63.0 cm³/mol. The molecule has 0 aliphatic heterocycles. The minimum Gasteiger partial charge on any atom is -0.390 e. The van der Waals surface area contributed by atoms with E-state index in [4.69, 9.17) is 9.05 Å². The van der Waals surface area contributed by atoms with Gasteiger partial charge in [-0.25, -0.2) is 0 Å². The van der Waals surface area contributed by atoms with E-state index < -0.39 is 25.6 Å². The Hall–Kier alpha value is -0.260. The average Bonchev–Trinajstić information content (AvgIpc) is 2.25. The molecular weight excluding hydrogens is 247 g/mol. The summed E-state index contributed by atoms with van der Waals surface area (Å²) in [4.78, 5) is 10.8. The molecule has 0 amide bonds. The lowest BCUT2D eigenvalue weighted by Gasteiger charge is -2.20. The van der Waals surface area contributed by atoms with Gasteiger partial charge in [0.25, 0.3) is 0 Å². The summed E-state index contributed by atoms with van der Waals surface area (Å²) in [6, 6.07) is 0. The Morgan fingerprint density at radius 1 is 1.24 bits per heavy atom. The highest BCUT2D eigenvalue weighted by Gasteiger charge is 2.28. The van der Waals surface area contributed by atoms with Gasteiger partial charge in [-0.1, -0.05) is 0 Å². The molecule has 6 nitrogen and oxygen atoms in total. The van der Waals surface area contributed by atoms with Crippen molar-refractivity contribution in [2.24, 2.45) is 0 Å². The van der Waals surface area contributed by atoms with Crippen LogP contribution in [0.2, 0.25) is 0 Å². The van der Waals surface area contributed by atoms with Gasteiger partial charge in [0.2, 0.25) is 0 Å². The van der Waals surface area contributed by atoms with Crippen molar-refractivity contribution >= 4 is 13.4 Å². The lowest BCUT2D eigenvalue weighted by Crippen LogP contribution is -2.33. The second-order valence-electron chi connectivity index (χ2n) is 3.58. The summed E-state index contributed by atoms with van der Waals surface area (Å²) in [7, 11) is -3.23. The van der Waals surface area contributed by atoms with Crippen LogP contribution in [0.25, 0.3) is 0 Å². The number of aliphatic hydroxyl groups is 2. The largest absolute Gasteiger partial charge is 0.390 e. The highest BCUT2D eigenvalue weighted by atomic mass is 31.2. The molecule has 0 saturated heterocycles. The first-order valence-electron chi connectivity index (χ1n) is 5.61. The third-order valence-electron chi connectivity index (χ3n) is 2.13. The molecule has 0 aromatic heterocycles. The number of Topliss-reactive ketones (excluding diaryl/α,β-unsaturated/α-hetero) is 1. The summed E-state index contributed by atoms with van der Waals surface area (Å²) >= 11 is 0. The van der Waals surface area contributed by atoms with E-state index >= 15 is 0 Å². The molecule has 0 saturated carbocycles. The van der Waals surface area contributed by atoms with Crippen molar-refractivity contribution in [3.63, 3.8) is 0 Å². The summed E-state index contributed by atoms with van der Waals surface area (Å²) in [5, 5.41) is 18.8. The van der Waals surface area contributed by atoms with Gasteiger partial charge < -0.3 is 19.3 Å². The first-order chi connectivity index (χ1) is 7.86. The second-order valence-corrected chi connectivity index (χ2v) is 5.77. The zero-order valence-electron chi connectivity index (χ0n) is 10.5. The van der Waals surface area contributed by atoms with Gasteiger partial charge in [-0.3, -0.25) is 9.36 Å². The SMILES string of the molecule is CCOP(=O)(CCC(O)C(O)C(C)=O)OCC. The Kier molecular flexibility index (Phi) is 7.83. The van der Waals surface area contributed by atoms with Crippen molar-refractivity contribution < 1.29 is 28.6 Å². The molecule has 17 heavy (non-hydrogen) atoms. The van der Waals surface area contributed by atoms with Gasteiger partial charge in [-0.05, 0) is 27.2 Å². The van der Waals surface area contributed by atoms with Gasteiger partial charge >= 0.3 is 7.60 Å². The third kappa shape index (κ3) is 6.29. The topological polar surface area (TPSA) is 93.1 Å². The van der Waals surface area contributed by atoms with Crippen LogP contribution in [0, 0.1) is 0 Å². The van der Waals surface area contributed by atoms with Crippen molar-refractivity contribution in [3.05, 3.63) is 0 Å². The number of hydrogen-bond donors (Lipinski definition) is 2. The molecular formula is C10H21O6P. The summed E-state index contributed by atoms with van der Waals surface area (Å²) in [6.07, 6.45) is -2.74. The molecule has 0 spiro atoms. The minimum absolute atomic E-state index is 0.0158. The van der Waals surface area contributed by atoms with Crippen LogP contribution >= 0.6 is 7.60 Å². The third-order valence-corrected chi connectivity index (χ3v) is 4.24. The standard InChI is InChI=1S/C10H21O6P/c1-4-15-17(14,16-5-2)7-6-9(12)10(13)8(3)11/h9-10,12-13H,4-7H2,1-3H3.